The molecule has 0 saturated carbocycles. The van der Waals surface area contributed by atoms with Crippen molar-refractivity contribution in [2.75, 3.05) is 26.0 Å². The molecule has 1 aromatic heterocycles. The van der Waals surface area contributed by atoms with Gasteiger partial charge in [-0.3, -0.25) is 4.79 Å². The van der Waals surface area contributed by atoms with Gasteiger partial charge in [0.1, 0.15) is 5.69 Å². The highest BCUT2D eigenvalue weighted by atomic mass is 35.5. The summed E-state index contributed by atoms with van der Waals surface area (Å²) < 4.78 is 31.9. The minimum atomic E-state index is -3.68. The Hall–Kier alpha value is -2.36. The van der Waals surface area contributed by atoms with Gasteiger partial charge in [0, 0.05) is 27.3 Å². The van der Waals surface area contributed by atoms with Crippen molar-refractivity contribution in [3.8, 4) is 0 Å². The number of hydrogen-bond acceptors (Lipinski definition) is 5. The lowest BCUT2D eigenvalue weighted by molar-refractivity contribution is -0.119. The number of esters is 1. The molecule has 0 atom stereocenters. The van der Waals surface area contributed by atoms with Crippen LogP contribution in [-0.4, -0.2) is 49.9 Å². The molecular formula is C16H18ClN3O5S. The highest BCUT2D eigenvalue weighted by molar-refractivity contribution is 7.89. The number of nitrogens with zero attached hydrogens (tertiary/aromatic N) is 2. The van der Waals surface area contributed by atoms with E-state index in [2.05, 4.69) is 5.32 Å². The van der Waals surface area contributed by atoms with Crippen LogP contribution in [0.1, 0.15) is 10.5 Å². The van der Waals surface area contributed by atoms with Gasteiger partial charge in [-0.2, -0.15) is 0 Å². The lowest BCUT2D eigenvalue weighted by atomic mass is 10.3. The van der Waals surface area contributed by atoms with Crippen LogP contribution in [0.25, 0.3) is 0 Å². The van der Waals surface area contributed by atoms with E-state index in [1.54, 1.807) is 29.9 Å². The zero-order valence-electron chi connectivity index (χ0n) is 14.4. The molecule has 0 fully saturated rings. The molecule has 1 heterocycles. The maximum atomic E-state index is 12.2. The van der Waals surface area contributed by atoms with Crippen molar-refractivity contribution in [3.05, 3.63) is 47.2 Å². The first-order chi connectivity index (χ1) is 12.1. The van der Waals surface area contributed by atoms with Gasteiger partial charge in [-0.1, -0.05) is 11.6 Å². The monoisotopic (exact) mass is 399 g/mol. The second-order valence-electron chi connectivity index (χ2n) is 5.56. The summed E-state index contributed by atoms with van der Waals surface area (Å²) in [6, 6.07) is 7.18. The Morgan fingerprint density at radius 2 is 1.96 bits per heavy atom. The predicted octanol–water partition coefficient (Wildman–Crippen LogP) is 1.72. The molecular weight excluding hydrogens is 382 g/mol. The zero-order valence-corrected chi connectivity index (χ0v) is 16.0. The van der Waals surface area contributed by atoms with E-state index in [0.717, 1.165) is 4.31 Å². The van der Waals surface area contributed by atoms with Crippen molar-refractivity contribution in [1.29, 1.82) is 0 Å². The third-order valence-corrected chi connectivity index (χ3v) is 5.62. The molecule has 0 aliphatic heterocycles. The topological polar surface area (TPSA) is 97.7 Å². The number of anilines is 1. The number of rotatable bonds is 6. The first kappa shape index (κ1) is 20.0. The molecule has 1 amide bonds. The average Bonchev–Trinajstić information content (AvgIpc) is 3.00. The largest absolute Gasteiger partial charge is 0.451 e. The van der Waals surface area contributed by atoms with E-state index in [1.807, 2.05) is 0 Å². The van der Waals surface area contributed by atoms with Crippen LogP contribution in [0.15, 0.2) is 41.4 Å². The molecule has 0 unspecified atom stereocenters. The quantitative estimate of drug-likeness (QED) is 0.746. The summed E-state index contributed by atoms with van der Waals surface area (Å²) in [5.41, 5.74) is 0.407. The van der Waals surface area contributed by atoms with Crippen LogP contribution < -0.4 is 5.32 Å². The average molecular weight is 400 g/mol. The van der Waals surface area contributed by atoms with Crippen molar-refractivity contribution < 1.29 is 22.7 Å². The summed E-state index contributed by atoms with van der Waals surface area (Å²) in [5, 5.41) is 2.60. The van der Waals surface area contributed by atoms with Crippen molar-refractivity contribution in [3.63, 3.8) is 0 Å². The van der Waals surface area contributed by atoms with Crippen molar-refractivity contribution >= 4 is 39.2 Å². The fourth-order valence-electron chi connectivity index (χ4n) is 2.04. The highest BCUT2D eigenvalue weighted by Gasteiger charge is 2.19. The summed E-state index contributed by atoms with van der Waals surface area (Å²) in [6.07, 6.45) is 1.67. The van der Waals surface area contributed by atoms with Gasteiger partial charge in [-0.15, -0.1) is 0 Å². The van der Waals surface area contributed by atoms with Crippen LogP contribution >= 0.6 is 11.6 Å². The van der Waals surface area contributed by atoms with E-state index < -0.39 is 28.5 Å². The first-order valence-corrected chi connectivity index (χ1v) is 9.25. The second kappa shape index (κ2) is 7.90. The minimum absolute atomic E-state index is 0.0250. The fourth-order valence-corrected chi connectivity index (χ4v) is 3.13. The fraction of sp³-hybridized carbons (Fsp3) is 0.250. The number of aromatic nitrogens is 1. The molecule has 0 aliphatic carbocycles. The van der Waals surface area contributed by atoms with Crippen molar-refractivity contribution in [2.45, 2.75) is 4.90 Å². The molecule has 0 bridgehead atoms. The Morgan fingerprint density at radius 1 is 1.27 bits per heavy atom. The van der Waals surface area contributed by atoms with Crippen LogP contribution in [-0.2, 0) is 26.6 Å². The summed E-state index contributed by atoms with van der Waals surface area (Å²) in [7, 11) is 0.785. The lowest BCUT2D eigenvalue weighted by Gasteiger charge is -2.14. The number of halogens is 1. The summed E-state index contributed by atoms with van der Waals surface area (Å²) in [5.74, 6) is -1.29. The molecule has 0 radical (unpaired) electrons. The summed E-state index contributed by atoms with van der Waals surface area (Å²) in [4.78, 5) is 23.9. The van der Waals surface area contributed by atoms with Gasteiger partial charge in [0.25, 0.3) is 5.91 Å². The van der Waals surface area contributed by atoms with Gasteiger partial charge in [0.05, 0.1) is 15.6 Å². The Balaban J connectivity index is 2.07. The van der Waals surface area contributed by atoms with E-state index in [1.165, 1.54) is 32.3 Å². The van der Waals surface area contributed by atoms with Crippen molar-refractivity contribution in [1.82, 2.24) is 8.87 Å². The van der Waals surface area contributed by atoms with E-state index in [9.17, 15) is 18.0 Å². The second-order valence-corrected chi connectivity index (χ2v) is 8.12. The lowest BCUT2D eigenvalue weighted by Crippen LogP contribution is -2.23. The van der Waals surface area contributed by atoms with Gasteiger partial charge in [0.15, 0.2) is 6.61 Å². The van der Waals surface area contributed by atoms with Gasteiger partial charge in [-0.05, 0) is 30.3 Å². The Labute approximate surface area is 156 Å². The third kappa shape index (κ3) is 4.43. The maximum Gasteiger partial charge on any atom is 0.355 e. The number of sulfonamides is 1. The summed E-state index contributed by atoms with van der Waals surface area (Å²) >= 11 is 6.00. The number of carbonyl (C=O) groups excluding carboxylic acids is 2. The SMILES string of the molecule is CN(C)S(=O)(=O)c1ccc(Cl)c(NC(=O)COC(=O)c2cccn2C)c1. The van der Waals surface area contributed by atoms with Crippen molar-refractivity contribution in [2.24, 2.45) is 7.05 Å². The van der Waals surface area contributed by atoms with Gasteiger partial charge in [-0.25, -0.2) is 17.5 Å². The van der Waals surface area contributed by atoms with Gasteiger partial charge < -0.3 is 14.6 Å². The molecule has 10 heteroatoms. The van der Waals surface area contributed by atoms with Crippen LogP contribution in [0.5, 0.6) is 0 Å². The van der Waals surface area contributed by atoms with Crippen LogP contribution in [0.3, 0.4) is 0 Å². The molecule has 2 rings (SSSR count). The van der Waals surface area contributed by atoms with Crippen LogP contribution in [0.4, 0.5) is 5.69 Å². The number of aryl methyl sites for hydroxylation is 1. The number of nitrogens with one attached hydrogen (secondary N) is 1. The molecule has 0 aliphatic rings. The normalized spacial score (nSPS) is 11.4. The Bertz CT molecular complexity index is 937. The minimum Gasteiger partial charge on any atom is -0.451 e. The number of hydrogen-bond donors (Lipinski definition) is 1. The smallest absolute Gasteiger partial charge is 0.355 e. The third-order valence-electron chi connectivity index (χ3n) is 3.48. The number of benzene rings is 1. The maximum absolute atomic E-state index is 12.2. The standard InChI is InChI=1S/C16H18ClN3O5S/c1-19(2)26(23,24)11-6-7-12(17)13(9-11)18-15(21)10-25-16(22)14-5-4-8-20(14)3/h4-9H,10H2,1-3H3,(H,18,21). The highest BCUT2D eigenvalue weighted by Crippen LogP contribution is 2.26. The van der Waals surface area contributed by atoms with E-state index in [-0.39, 0.29) is 15.6 Å². The van der Waals surface area contributed by atoms with E-state index in [0.29, 0.717) is 5.69 Å². The molecule has 26 heavy (non-hydrogen) atoms. The molecule has 0 saturated heterocycles. The van der Waals surface area contributed by atoms with Crippen LogP contribution in [0.2, 0.25) is 5.02 Å². The van der Waals surface area contributed by atoms with Gasteiger partial charge >= 0.3 is 5.97 Å². The first-order valence-electron chi connectivity index (χ1n) is 7.43. The molecule has 140 valence electrons. The number of ether oxygens (including phenoxy) is 1. The molecule has 8 nitrogen and oxygen atoms in total. The Morgan fingerprint density at radius 3 is 2.54 bits per heavy atom. The summed E-state index contributed by atoms with van der Waals surface area (Å²) in [6.45, 7) is -0.537. The Kier molecular flexibility index (Phi) is 6.06. The number of carbonyl (C=O) groups is 2. The zero-order chi connectivity index (χ0) is 19.5. The van der Waals surface area contributed by atoms with Gasteiger partial charge in [0.2, 0.25) is 10.0 Å². The van der Waals surface area contributed by atoms with E-state index in [4.69, 9.17) is 16.3 Å². The number of amides is 1. The van der Waals surface area contributed by atoms with Crippen LogP contribution in [0, 0.1) is 0 Å². The molecule has 0 spiro atoms. The van der Waals surface area contributed by atoms with E-state index >= 15 is 0 Å². The molecule has 1 N–H and O–H groups in total. The molecule has 1 aromatic carbocycles. The predicted molar refractivity (Wildman–Crippen MR) is 96.7 cm³/mol. The molecule has 2 aromatic rings.